The molecule has 0 N–H and O–H groups in total. The minimum Gasteiger partial charge on any atom is -0.0622 e. The minimum absolute atomic E-state index is 1.12. The van der Waals surface area contributed by atoms with E-state index in [1.807, 2.05) is 0 Å². The summed E-state index contributed by atoms with van der Waals surface area (Å²) in [5.74, 6) is 0. The average Bonchev–Trinajstić information content (AvgIpc) is 2.50. The summed E-state index contributed by atoms with van der Waals surface area (Å²) in [7, 11) is 0. The first-order valence-corrected chi connectivity index (χ1v) is 7.24. The molecule has 1 aliphatic rings. The summed E-state index contributed by atoms with van der Waals surface area (Å²) in [6, 6.07) is 21.8. The Hall–Kier alpha value is -1.82. The van der Waals surface area contributed by atoms with Gasteiger partial charge in [0.05, 0.1) is 0 Å². The van der Waals surface area contributed by atoms with E-state index in [0.717, 1.165) is 6.42 Å². The first kappa shape index (κ1) is 12.2. The molecule has 0 amide bonds. The SMILES string of the molecule is c1ccc(CC2=C(c3ccccc3)CCCC2)cc1. The maximum Gasteiger partial charge on any atom is -0.00611 e. The number of benzene rings is 2. The highest BCUT2D eigenvalue weighted by Crippen LogP contribution is 2.33. The van der Waals surface area contributed by atoms with Crippen LogP contribution >= 0.6 is 0 Å². The number of rotatable bonds is 3. The molecule has 1 aliphatic carbocycles. The predicted octanol–water partition coefficient (Wildman–Crippen LogP) is 5.26. The van der Waals surface area contributed by atoms with Crippen molar-refractivity contribution in [3.05, 3.63) is 77.4 Å². The van der Waals surface area contributed by atoms with E-state index >= 15 is 0 Å². The molecule has 0 nitrogen and oxygen atoms in total. The van der Waals surface area contributed by atoms with Crippen LogP contribution in [-0.2, 0) is 6.42 Å². The van der Waals surface area contributed by atoms with Crippen molar-refractivity contribution in [3.8, 4) is 0 Å². The van der Waals surface area contributed by atoms with Gasteiger partial charge in [-0.2, -0.15) is 0 Å². The van der Waals surface area contributed by atoms with E-state index in [4.69, 9.17) is 0 Å². The predicted molar refractivity (Wildman–Crippen MR) is 82.0 cm³/mol. The van der Waals surface area contributed by atoms with Gasteiger partial charge < -0.3 is 0 Å². The molecule has 0 heterocycles. The van der Waals surface area contributed by atoms with Crippen LogP contribution < -0.4 is 0 Å². The van der Waals surface area contributed by atoms with E-state index in [9.17, 15) is 0 Å². The van der Waals surface area contributed by atoms with Crippen molar-refractivity contribution in [1.29, 1.82) is 0 Å². The third-order valence-electron chi connectivity index (χ3n) is 3.96. The smallest absolute Gasteiger partial charge is 0.00611 e. The van der Waals surface area contributed by atoms with Crippen molar-refractivity contribution in [2.75, 3.05) is 0 Å². The van der Waals surface area contributed by atoms with Gasteiger partial charge in [0.2, 0.25) is 0 Å². The molecule has 0 fully saturated rings. The summed E-state index contributed by atoms with van der Waals surface area (Å²) in [6.07, 6.45) is 6.30. The number of hydrogen-bond acceptors (Lipinski definition) is 0. The quantitative estimate of drug-likeness (QED) is 0.695. The summed E-state index contributed by atoms with van der Waals surface area (Å²) in [5.41, 5.74) is 6.10. The molecule has 0 unspecified atom stereocenters. The molecular formula is C19H20. The lowest BCUT2D eigenvalue weighted by molar-refractivity contribution is 0.701. The van der Waals surface area contributed by atoms with Gasteiger partial charge in [-0.3, -0.25) is 0 Å². The zero-order valence-electron chi connectivity index (χ0n) is 11.3. The fourth-order valence-electron chi connectivity index (χ4n) is 2.99. The summed E-state index contributed by atoms with van der Waals surface area (Å²) >= 11 is 0. The number of allylic oxidation sites excluding steroid dienone is 2. The summed E-state index contributed by atoms with van der Waals surface area (Å²) < 4.78 is 0. The third-order valence-corrected chi connectivity index (χ3v) is 3.96. The lowest BCUT2D eigenvalue weighted by atomic mass is 9.84. The molecule has 19 heavy (non-hydrogen) atoms. The molecule has 0 bridgehead atoms. The Morgan fingerprint density at radius 1 is 0.684 bits per heavy atom. The Morgan fingerprint density at radius 2 is 1.32 bits per heavy atom. The van der Waals surface area contributed by atoms with Crippen molar-refractivity contribution < 1.29 is 0 Å². The molecule has 2 aromatic rings. The van der Waals surface area contributed by atoms with E-state index in [2.05, 4.69) is 60.7 Å². The van der Waals surface area contributed by atoms with E-state index in [0.29, 0.717) is 0 Å². The first-order chi connectivity index (χ1) is 9.43. The second-order valence-electron chi connectivity index (χ2n) is 5.32. The van der Waals surface area contributed by atoms with Crippen LogP contribution in [-0.4, -0.2) is 0 Å². The fourth-order valence-corrected chi connectivity index (χ4v) is 2.99. The van der Waals surface area contributed by atoms with Crippen molar-refractivity contribution >= 4 is 5.57 Å². The topological polar surface area (TPSA) is 0 Å². The summed E-state index contributed by atoms with van der Waals surface area (Å²) in [6.45, 7) is 0. The third kappa shape index (κ3) is 2.96. The average molecular weight is 248 g/mol. The van der Waals surface area contributed by atoms with E-state index in [1.165, 1.54) is 36.8 Å². The van der Waals surface area contributed by atoms with Gasteiger partial charge in [0.15, 0.2) is 0 Å². The highest BCUT2D eigenvalue weighted by molar-refractivity contribution is 5.69. The van der Waals surface area contributed by atoms with Crippen molar-refractivity contribution in [2.45, 2.75) is 32.1 Å². The van der Waals surface area contributed by atoms with Crippen LogP contribution in [0.15, 0.2) is 66.2 Å². The van der Waals surface area contributed by atoms with Gasteiger partial charge in [-0.05, 0) is 48.8 Å². The van der Waals surface area contributed by atoms with Gasteiger partial charge in [0.1, 0.15) is 0 Å². The van der Waals surface area contributed by atoms with Crippen LogP contribution in [0.25, 0.3) is 5.57 Å². The van der Waals surface area contributed by atoms with E-state index in [1.54, 1.807) is 11.1 Å². The van der Waals surface area contributed by atoms with Gasteiger partial charge in [-0.1, -0.05) is 66.2 Å². The van der Waals surface area contributed by atoms with Crippen LogP contribution in [0, 0.1) is 0 Å². The Kier molecular flexibility index (Phi) is 3.78. The van der Waals surface area contributed by atoms with Gasteiger partial charge in [-0.25, -0.2) is 0 Å². The maximum atomic E-state index is 2.26. The molecule has 2 aromatic carbocycles. The normalized spacial score (nSPS) is 15.6. The van der Waals surface area contributed by atoms with Gasteiger partial charge in [0.25, 0.3) is 0 Å². The second-order valence-corrected chi connectivity index (χ2v) is 5.32. The Balaban J connectivity index is 1.93. The molecule has 0 atom stereocenters. The van der Waals surface area contributed by atoms with Crippen LogP contribution in [0.2, 0.25) is 0 Å². The monoisotopic (exact) mass is 248 g/mol. The Morgan fingerprint density at radius 3 is 2.05 bits per heavy atom. The van der Waals surface area contributed by atoms with Crippen LogP contribution in [0.5, 0.6) is 0 Å². The van der Waals surface area contributed by atoms with E-state index in [-0.39, 0.29) is 0 Å². The van der Waals surface area contributed by atoms with Crippen molar-refractivity contribution in [2.24, 2.45) is 0 Å². The van der Waals surface area contributed by atoms with Crippen LogP contribution in [0.3, 0.4) is 0 Å². The Labute approximate surface area is 115 Å². The summed E-state index contributed by atoms with van der Waals surface area (Å²) in [5, 5.41) is 0. The molecule has 0 radical (unpaired) electrons. The minimum atomic E-state index is 1.12. The standard InChI is InChI=1S/C19H20/c1-3-9-16(10-4-1)15-18-13-7-8-14-19(18)17-11-5-2-6-12-17/h1-6,9-12H,7-8,13-15H2. The van der Waals surface area contributed by atoms with Crippen LogP contribution in [0.1, 0.15) is 36.8 Å². The van der Waals surface area contributed by atoms with Gasteiger partial charge >= 0.3 is 0 Å². The maximum absolute atomic E-state index is 2.26. The lowest BCUT2D eigenvalue weighted by Gasteiger charge is -2.21. The molecule has 0 spiro atoms. The van der Waals surface area contributed by atoms with Crippen molar-refractivity contribution in [3.63, 3.8) is 0 Å². The molecule has 0 aromatic heterocycles. The highest BCUT2D eigenvalue weighted by Gasteiger charge is 2.14. The van der Waals surface area contributed by atoms with Gasteiger partial charge in [0, 0.05) is 0 Å². The zero-order chi connectivity index (χ0) is 12.9. The molecular weight excluding hydrogens is 228 g/mol. The molecule has 3 rings (SSSR count). The first-order valence-electron chi connectivity index (χ1n) is 7.24. The molecule has 96 valence electrons. The molecule has 0 aliphatic heterocycles. The largest absolute Gasteiger partial charge is 0.0622 e. The van der Waals surface area contributed by atoms with Gasteiger partial charge in [-0.15, -0.1) is 0 Å². The molecule has 0 saturated carbocycles. The van der Waals surface area contributed by atoms with Crippen molar-refractivity contribution in [1.82, 2.24) is 0 Å². The number of hydrogen-bond donors (Lipinski definition) is 0. The van der Waals surface area contributed by atoms with E-state index < -0.39 is 0 Å². The highest BCUT2D eigenvalue weighted by atomic mass is 14.2. The zero-order valence-corrected chi connectivity index (χ0v) is 11.3. The second kappa shape index (κ2) is 5.88. The summed E-state index contributed by atoms with van der Waals surface area (Å²) in [4.78, 5) is 0. The molecule has 0 saturated heterocycles. The fraction of sp³-hybridized carbons (Fsp3) is 0.263. The Bertz CT molecular complexity index is 549. The molecule has 0 heteroatoms. The lowest BCUT2D eigenvalue weighted by Crippen LogP contribution is -2.02. The van der Waals surface area contributed by atoms with Crippen LogP contribution in [0.4, 0.5) is 0 Å².